The second-order valence-electron chi connectivity index (χ2n) is 4.47. The van der Waals surface area contributed by atoms with Crippen molar-refractivity contribution in [3.8, 4) is 0 Å². The van der Waals surface area contributed by atoms with Crippen LogP contribution in [0.15, 0.2) is 0 Å². The number of rotatable bonds is 9. The maximum absolute atomic E-state index is 4.22. The molecule has 2 heteroatoms. The van der Waals surface area contributed by atoms with E-state index in [1.165, 1.54) is 58.2 Å². The summed E-state index contributed by atoms with van der Waals surface area (Å²) in [7, 11) is 0. The highest BCUT2D eigenvalue weighted by Gasteiger charge is 2.23. The molecule has 0 atom stereocenters. The van der Waals surface area contributed by atoms with Crippen LogP contribution in [0.5, 0.6) is 0 Å². The lowest BCUT2D eigenvalue weighted by atomic mass is 10.2. The Morgan fingerprint density at radius 2 is 1.86 bits per heavy atom. The van der Waals surface area contributed by atoms with E-state index in [9.17, 15) is 0 Å². The molecule has 0 aromatic heterocycles. The van der Waals surface area contributed by atoms with Gasteiger partial charge in [0.1, 0.15) is 0 Å². The SMILES string of the molecule is CCN(CCCCCCS)CC1CC1. The highest BCUT2D eigenvalue weighted by molar-refractivity contribution is 7.80. The van der Waals surface area contributed by atoms with Gasteiger partial charge < -0.3 is 4.90 Å². The molecule has 1 fully saturated rings. The normalized spacial score (nSPS) is 16.5. The van der Waals surface area contributed by atoms with E-state index < -0.39 is 0 Å². The molecule has 0 saturated heterocycles. The second kappa shape index (κ2) is 7.58. The average molecular weight is 215 g/mol. The molecule has 1 saturated carbocycles. The molecule has 0 spiro atoms. The van der Waals surface area contributed by atoms with Crippen LogP contribution in [0, 0.1) is 5.92 Å². The van der Waals surface area contributed by atoms with Gasteiger partial charge in [-0.05, 0) is 50.4 Å². The summed E-state index contributed by atoms with van der Waals surface area (Å²) in [4.78, 5) is 2.62. The summed E-state index contributed by atoms with van der Waals surface area (Å²) in [6, 6.07) is 0. The molecule has 0 aliphatic heterocycles. The van der Waals surface area contributed by atoms with Crippen molar-refractivity contribution in [2.24, 2.45) is 5.92 Å². The lowest BCUT2D eigenvalue weighted by Gasteiger charge is -2.19. The zero-order valence-electron chi connectivity index (χ0n) is 9.54. The van der Waals surface area contributed by atoms with Crippen LogP contribution in [0.2, 0.25) is 0 Å². The first-order valence-electron chi connectivity index (χ1n) is 6.20. The molecule has 1 aliphatic rings. The van der Waals surface area contributed by atoms with E-state index in [0.717, 1.165) is 11.7 Å². The van der Waals surface area contributed by atoms with Crippen molar-refractivity contribution in [2.45, 2.75) is 45.4 Å². The fraction of sp³-hybridized carbons (Fsp3) is 1.00. The maximum atomic E-state index is 4.22. The lowest BCUT2D eigenvalue weighted by Crippen LogP contribution is -2.26. The Morgan fingerprint density at radius 1 is 1.14 bits per heavy atom. The molecule has 0 radical (unpaired) electrons. The van der Waals surface area contributed by atoms with E-state index in [2.05, 4.69) is 24.5 Å². The second-order valence-corrected chi connectivity index (χ2v) is 4.92. The summed E-state index contributed by atoms with van der Waals surface area (Å²) in [5.41, 5.74) is 0. The first kappa shape index (κ1) is 12.4. The summed E-state index contributed by atoms with van der Waals surface area (Å²) in [6.45, 7) is 6.21. The molecule has 0 aromatic rings. The Bertz CT molecular complexity index is 134. The summed E-state index contributed by atoms with van der Waals surface area (Å²) in [6.07, 6.45) is 8.39. The third kappa shape index (κ3) is 5.92. The van der Waals surface area contributed by atoms with E-state index in [4.69, 9.17) is 0 Å². The van der Waals surface area contributed by atoms with Gasteiger partial charge in [0, 0.05) is 6.54 Å². The van der Waals surface area contributed by atoms with Crippen LogP contribution < -0.4 is 0 Å². The number of nitrogens with zero attached hydrogens (tertiary/aromatic N) is 1. The van der Waals surface area contributed by atoms with Gasteiger partial charge in [-0.2, -0.15) is 12.6 Å². The molecule has 0 aromatic carbocycles. The molecule has 0 amide bonds. The zero-order valence-corrected chi connectivity index (χ0v) is 10.4. The Labute approximate surface area is 94.7 Å². The Balaban J connectivity index is 1.90. The van der Waals surface area contributed by atoms with E-state index >= 15 is 0 Å². The van der Waals surface area contributed by atoms with Crippen molar-refractivity contribution in [1.29, 1.82) is 0 Å². The van der Waals surface area contributed by atoms with Crippen LogP contribution in [0.4, 0.5) is 0 Å². The van der Waals surface area contributed by atoms with Gasteiger partial charge in [0.05, 0.1) is 0 Å². The Kier molecular flexibility index (Phi) is 6.70. The molecule has 14 heavy (non-hydrogen) atoms. The number of hydrogen-bond donors (Lipinski definition) is 1. The molecular weight excluding hydrogens is 190 g/mol. The fourth-order valence-electron chi connectivity index (χ4n) is 1.84. The molecular formula is C12H25NS. The van der Waals surface area contributed by atoms with Gasteiger partial charge in [0.15, 0.2) is 0 Å². The lowest BCUT2D eigenvalue weighted by molar-refractivity contribution is 0.270. The van der Waals surface area contributed by atoms with Gasteiger partial charge in [0.25, 0.3) is 0 Å². The van der Waals surface area contributed by atoms with Gasteiger partial charge in [-0.1, -0.05) is 19.8 Å². The van der Waals surface area contributed by atoms with Crippen LogP contribution in [0.25, 0.3) is 0 Å². The topological polar surface area (TPSA) is 3.24 Å². The van der Waals surface area contributed by atoms with Crippen LogP contribution in [0.3, 0.4) is 0 Å². The van der Waals surface area contributed by atoms with E-state index in [0.29, 0.717) is 0 Å². The van der Waals surface area contributed by atoms with Gasteiger partial charge in [-0.15, -0.1) is 0 Å². The molecule has 0 unspecified atom stereocenters. The minimum atomic E-state index is 1.05. The third-order valence-electron chi connectivity index (χ3n) is 3.04. The summed E-state index contributed by atoms with van der Waals surface area (Å²) >= 11 is 4.22. The maximum Gasteiger partial charge on any atom is 0.000954 e. The highest BCUT2D eigenvalue weighted by atomic mass is 32.1. The number of unbranched alkanes of at least 4 members (excludes halogenated alkanes) is 3. The van der Waals surface area contributed by atoms with E-state index in [1.54, 1.807) is 0 Å². The van der Waals surface area contributed by atoms with Crippen LogP contribution in [-0.4, -0.2) is 30.3 Å². The van der Waals surface area contributed by atoms with Crippen molar-refractivity contribution in [2.75, 3.05) is 25.4 Å². The van der Waals surface area contributed by atoms with Gasteiger partial charge >= 0.3 is 0 Å². The third-order valence-corrected chi connectivity index (χ3v) is 3.36. The molecule has 1 nitrogen and oxygen atoms in total. The molecule has 84 valence electrons. The van der Waals surface area contributed by atoms with Gasteiger partial charge in [-0.25, -0.2) is 0 Å². The predicted molar refractivity (Wildman–Crippen MR) is 67.2 cm³/mol. The van der Waals surface area contributed by atoms with Crippen molar-refractivity contribution < 1.29 is 0 Å². The van der Waals surface area contributed by atoms with Crippen LogP contribution in [-0.2, 0) is 0 Å². The van der Waals surface area contributed by atoms with Crippen LogP contribution >= 0.6 is 12.6 Å². The first-order valence-corrected chi connectivity index (χ1v) is 6.83. The predicted octanol–water partition coefficient (Wildman–Crippen LogP) is 3.21. The molecule has 0 heterocycles. The van der Waals surface area contributed by atoms with Crippen molar-refractivity contribution >= 4 is 12.6 Å². The fourth-order valence-corrected chi connectivity index (χ4v) is 2.07. The summed E-state index contributed by atoms with van der Waals surface area (Å²) in [5.74, 6) is 2.10. The zero-order chi connectivity index (χ0) is 10.2. The van der Waals surface area contributed by atoms with E-state index in [1.807, 2.05) is 0 Å². The minimum Gasteiger partial charge on any atom is -0.303 e. The molecule has 1 rings (SSSR count). The highest BCUT2D eigenvalue weighted by Crippen LogP contribution is 2.29. The van der Waals surface area contributed by atoms with Crippen LogP contribution in [0.1, 0.15) is 45.4 Å². The van der Waals surface area contributed by atoms with Crippen molar-refractivity contribution in [3.63, 3.8) is 0 Å². The standard InChI is InChI=1S/C12H25NS/c1-2-13(11-12-7-8-12)9-5-3-4-6-10-14/h12,14H,2-11H2,1H3. The largest absolute Gasteiger partial charge is 0.303 e. The number of hydrogen-bond acceptors (Lipinski definition) is 2. The first-order chi connectivity index (χ1) is 6.86. The minimum absolute atomic E-state index is 1.05. The average Bonchev–Trinajstić information content (AvgIpc) is 2.99. The monoisotopic (exact) mass is 215 g/mol. The van der Waals surface area contributed by atoms with E-state index in [-0.39, 0.29) is 0 Å². The van der Waals surface area contributed by atoms with Crippen molar-refractivity contribution in [3.05, 3.63) is 0 Å². The Hall–Kier alpha value is 0.310. The molecule has 0 N–H and O–H groups in total. The smallest absolute Gasteiger partial charge is 0.000954 e. The Morgan fingerprint density at radius 3 is 2.43 bits per heavy atom. The van der Waals surface area contributed by atoms with Gasteiger partial charge in [0.2, 0.25) is 0 Å². The summed E-state index contributed by atoms with van der Waals surface area (Å²) < 4.78 is 0. The molecule has 1 aliphatic carbocycles. The van der Waals surface area contributed by atoms with Crippen molar-refractivity contribution in [1.82, 2.24) is 4.90 Å². The quantitative estimate of drug-likeness (QED) is 0.456. The number of thiol groups is 1. The van der Waals surface area contributed by atoms with Gasteiger partial charge in [-0.3, -0.25) is 0 Å². The summed E-state index contributed by atoms with van der Waals surface area (Å²) in [5, 5.41) is 0. The molecule has 0 bridgehead atoms.